The summed E-state index contributed by atoms with van der Waals surface area (Å²) in [6.07, 6.45) is -2.33. The minimum atomic E-state index is -2.33. The van der Waals surface area contributed by atoms with Crippen LogP contribution in [-0.4, -0.2) is 14.6 Å². The van der Waals surface area contributed by atoms with Gasteiger partial charge in [0.15, 0.2) is 0 Å². The van der Waals surface area contributed by atoms with Gasteiger partial charge >= 0.3 is 59.1 Å². The number of carboxylic acid groups (broad SMARTS) is 2. The van der Waals surface area contributed by atoms with E-state index in [1.165, 1.54) is 0 Å². The van der Waals surface area contributed by atoms with Gasteiger partial charge < -0.3 is 15.0 Å². The predicted octanol–water partition coefficient (Wildman–Crippen LogP) is -8.82. The molecule has 0 bridgehead atoms. The Kier molecular flexibility index (Phi) is 53.4. The molecule has 0 fully saturated rings. The van der Waals surface area contributed by atoms with Crippen LogP contribution in [0.15, 0.2) is 0 Å². The normalized spacial score (nSPS) is 3.43. The number of hydrogen-bond donors (Lipinski definition) is 0. The van der Waals surface area contributed by atoms with Gasteiger partial charge in [-0.3, -0.25) is 0 Å². The molecule has 0 heterocycles. The molecule has 27 valence electrons. The van der Waals surface area contributed by atoms with Gasteiger partial charge in [0.05, 0.1) is 0 Å². The molecule has 0 unspecified atom stereocenters. The number of rotatable bonds is 0. The summed E-state index contributed by atoms with van der Waals surface area (Å²) in [6.45, 7) is 0. The maximum atomic E-state index is 8.33. The second-order valence-electron chi connectivity index (χ2n) is 0.250. The molecule has 0 saturated carbocycles. The maximum Gasteiger partial charge on any atom is 1.00 e. The topological polar surface area (TPSA) is 63.2 Å². The third-order valence-electron chi connectivity index (χ3n) is 0. The summed E-state index contributed by atoms with van der Waals surface area (Å²) in [5.41, 5.74) is 0. The van der Waals surface area contributed by atoms with Crippen molar-refractivity contribution < 1.29 is 74.1 Å². The van der Waals surface area contributed by atoms with Crippen LogP contribution in [0.25, 0.3) is 0 Å². The molecule has 0 aliphatic heterocycles. The summed E-state index contributed by atoms with van der Waals surface area (Å²) < 4.78 is 0. The molecule has 0 saturated heterocycles. The average Bonchev–Trinajstić information content (AvgIpc) is 0.811. The first-order valence-corrected chi connectivity index (χ1v) is 0.612. The third-order valence-corrected chi connectivity index (χ3v) is 0. The van der Waals surface area contributed by atoms with Gasteiger partial charge in [-0.15, -0.1) is 0 Å². The van der Waals surface area contributed by atoms with Crippen molar-refractivity contribution in [1.29, 1.82) is 0 Å². The number of carbonyl (C=O) groups is 1. The maximum absolute atomic E-state index is 8.33. The molecule has 0 atom stereocenters. The molecular weight excluding hydrogens is 117 g/mol. The van der Waals surface area contributed by atoms with Gasteiger partial charge in [0.25, 0.3) is 0 Å². The molecule has 0 N–H and O–H groups in total. The molecule has 0 aliphatic rings. The molecule has 6 heteroatoms. The largest absolute Gasteiger partial charge is 1.00 e. The fourth-order valence-corrected chi connectivity index (χ4v) is 0. The van der Waals surface area contributed by atoms with Crippen LogP contribution in [0.1, 0.15) is 0 Å². The first kappa shape index (κ1) is 23.9. The van der Waals surface area contributed by atoms with E-state index in [0.29, 0.717) is 0 Å². The van der Waals surface area contributed by atoms with Crippen LogP contribution < -0.4 is 69.3 Å². The summed E-state index contributed by atoms with van der Waals surface area (Å²) in [6, 6.07) is 0. The van der Waals surface area contributed by atoms with E-state index in [1.54, 1.807) is 0 Å². The van der Waals surface area contributed by atoms with E-state index in [-0.39, 0.29) is 67.5 Å². The molecule has 0 rings (SSSR count). The van der Waals surface area contributed by atoms with E-state index in [9.17, 15) is 0 Å². The molecule has 0 spiro atoms. The molecule has 0 aromatic rings. The Bertz CT molecular complexity index is 35.9. The monoisotopic (exact) mass is 117 g/mol. The van der Waals surface area contributed by atoms with Crippen LogP contribution in [0.4, 0.5) is 4.79 Å². The Morgan fingerprint density at radius 3 is 1.14 bits per heavy atom. The predicted molar refractivity (Wildman–Crippen MR) is 11.1 cm³/mol. The van der Waals surface area contributed by atoms with Gasteiger partial charge in [0, 0.05) is 8.41 Å². The van der Waals surface area contributed by atoms with Crippen LogP contribution in [0.5, 0.6) is 0 Å². The van der Waals surface area contributed by atoms with Crippen LogP contribution >= 0.6 is 0 Å². The van der Waals surface area contributed by atoms with E-state index in [4.69, 9.17) is 15.0 Å². The molecule has 0 aliphatic carbocycles. The van der Waals surface area contributed by atoms with Crippen molar-refractivity contribution in [3.63, 3.8) is 0 Å². The minimum Gasteiger partial charge on any atom is -0.652 e. The fraction of sp³-hybridized carbons (Fsp3) is 0. The Labute approximate surface area is 87.6 Å². The van der Waals surface area contributed by atoms with Crippen LogP contribution in [-0.2, 0) is 0 Å². The Hall–Kier alpha value is 1.33. The Balaban J connectivity index is -0.0000000150. The van der Waals surface area contributed by atoms with Crippen molar-refractivity contribution in [2.75, 3.05) is 0 Å². The minimum absolute atomic E-state index is 0. The molecule has 0 amide bonds. The smallest absolute Gasteiger partial charge is 0.652 e. The third kappa shape index (κ3) is 117. The van der Waals surface area contributed by atoms with E-state index >= 15 is 0 Å². The molecule has 0 aromatic carbocycles. The first-order chi connectivity index (χ1) is 1.73. The van der Waals surface area contributed by atoms with Crippen molar-refractivity contribution >= 4 is 14.6 Å². The zero-order valence-electron chi connectivity index (χ0n) is 4.30. The SMILES string of the molecule is O=C([O-])[O-].[B].[Na+].[Na+]. The van der Waals surface area contributed by atoms with Crippen LogP contribution in [0, 0.1) is 0 Å². The van der Waals surface area contributed by atoms with Gasteiger partial charge in [-0.1, -0.05) is 0 Å². The number of carbonyl (C=O) groups excluding carboxylic acids is 1. The quantitative estimate of drug-likeness (QED) is 0.296. The van der Waals surface area contributed by atoms with Gasteiger partial charge in [0.2, 0.25) is 0 Å². The van der Waals surface area contributed by atoms with Gasteiger partial charge in [-0.05, 0) is 6.16 Å². The summed E-state index contributed by atoms with van der Waals surface area (Å²) in [7, 11) is 0. The standard InChI is InChI=1S/CH2O3.B.2Na/c2-1(3)4;;;/h(H2,2,3,4);;;/q;;2*+1/p-2. The van der Waals surface area contributed by atoms with Crippen molar-refractivity contribution in [1.82, 2.24) is 0 Å². The molecule has 3 nitrogen and oxygen atoms in total. The summed E-state index contributed by atoms with van der Waals surface area (Å²) >= 11 is 0. The Morgan fingerprint density at radius 2 is 1.14 bits per heavy atom. The molecule has 7 heavy (non-hydrogen) atoms. The Morgan fingerprint density at radius 1 is 1.14 bits per heavy atom. The molecule has 3 radical (unpaired) electrons. The van der Waals surface area contributed by atoms with Crippen molar-refractivity contribution in [2.24, 2.45) is 0 Å². The van der Waals surface area contributed by atoms with Crippen molar-refractivity contribution in [3.8, 4) is 0 Å². The average molecular weight is 117 g/mol. The number of hydrogen-bond acceptors (Lipinski definition) is 3. The van der Waals surface area contributed by atoms with Gasteiger partial charge in [-0.2, -0.15) is 0 Å². The van der Waals surface area contributed by atoms with Gasteiger partial charge in [-0.25, -0.2) is 0 Å². The second-order valence-corrected chi connectivity index (χ2v) is 0.250. The van der Waals surface area contributed by atoms with E-state index in [1.807, 2.05) is 0 Å². The second kappa shape index (κ2) is 15.7. The molecule has 0 aromatic heterocycles. The summed E-state index contributed by atoms with van der Waals surface area (Å²) in [5, 5.41) is 16.7. The van der Waals surface area contributed by atoms with Gasteiger partial charge in [0.1, 0.15) is 0 Å². The summed E-state index contributed by atoms with van der Waals surface area (Å²) in [4.78, 5) is 8.33. The summed E-state index contributed by atoms with van der Waals surface area (Å²) in [5.74, 6) is 0. The molecular formula is CBNa2O3. The fourth-order valence-electron chi connectivity index (χ4n) is 0. The van der Waals surface area contributed by atoms with E-state index in [2.05, 4.69) is 0 Å². The first-order valence-electron chi connectivity index (χ1n) is 0.612. The van der Waals surface area contributed by atoms with Crippen LogP contribution in [0.2, 0.25) is 0 Å². The van der Waals surface area contributed by atoms with Crippen molar-refractivity contribution in [2.45, 2.75) is 0 Å². The zero-order valence-corrected chi connectivity index (χ0v) is 8.30. The zero-order chi connectivity index (χ0) is 3.58. The van der Waals surface area contributed by atoms with Crippen LogP contribution in [0.3, 0.4) is 0 Å². The van der Waals surface area contributed by atoms with E-state index in [0.717, 1.165) is 0 Å². The van der Waals surface area contributed by atoms with Crippen molar-refractivity contribution in [3.05, 3.63) is 0 Å². The van der Waals surface area contributed by atoms with E-state index < -0.39 is 6.16 Å².